The van der Waals surface area contributed by atoms with E-state index in [0.717, 1.165) is 16.9 Å². The average Bonchev–Trinajstić information content (AvgIpc) is 2.79. The standard InChI is InChI=1S/C12H11N3O4S/c1-6-3-4-8(15(17)18)7(5-6)11-14-9(10(13)20-11)12(16)19-2/h3-5H,13H2,1-2H3. The SMILES string of the molecule is COC(=O)c1nc(-c2cc(C)ccc2[N+](=O)[O-])sc1N. The quantitative estimate of drug-likeness (QED) is 0.528. The Morgan fingerprint density at radius 3 is 2.80 bits per heavy atom. The number of rotatable bonds is 3. The molecule has 0 unspecified atom stereocenters. The van der Waals surface area contributed by atoms with Gasteiger partial charge >= 0.3 is 5.97 Å². The molecule has 8 heteroatoms. The van der Waals surface area contributed by atoms with Gasteiger partial charge in [0.2, 0.25) is 0 Å². The molecule has 2 N–H and O–H groups in total. The molecule has 1 aromatic carbocycles. The van der Waals surface area contributed by atoms with Crippen LogP contribution in [0.15, 0.2) is 18.2 Å². The normalized spacial score (nSPS) is 10.3. The lowest BCUT2D eigenvalue weighted by Crippen LogP contribution is -2.04. The number of carbonyl (C=O) groups excluding carboxylic acids is 1. The number of nitro benzene ring substituents is 1. The van der Waals surface area contributed by atoms with E-state index in [4.69, 9.17) is 5.73 Å². The third-order valence-electron chi connectivity index (χ3n) is 2.61. The maximum Gasteiger partial charge on any atom is 0.359 e. The summed E-state index contributed by atoms with van der Waals surface area (Å²) in [6.45, 7) is 1.81. The van der Waals surface area contributed by atoms with Crippen molar-refractivity contribution in [3.8, 4) is 10.6 Å². The van der Waals surface area contributed by atoms with Crippen LogP contribution in [0.25, 0.3) is 10.6 Å². The first-order chi connectivity index (χ1) is 9.43. The molecule has 0 amide bonds. The van der Waals surface area contributed by atoms with E-state index in [1.807, 2.05) is 6.92 Å². The smallest absolute Gasteiger partial charge is 0.359 e. The summed E-state index contributed by atoms with van der Waals surface area (Å²) in [4.78, 5) is 26.1. The van der Waals surface area contributed by atoms with Gasteiger partial charge in [-0.25, -0.2) is 9.78 Å². The summed E-state index contributed by atoms with van der Waals surface area (Å²) in [6, 6.07) is 4.68. The lowest BCUT2D eigenvalue weighted by atomic mass is 10.1. The monoisotopic (exact) mass is 293 g/mol. The Morgan fingerprint density at radius 1 is 1.50 bits per heavy atom. The highest BCUT2D eigenvalue weighted by Gasteiger charge is 2.22. The molecule has 2 aromatic rings. The molecule has 0 aliphatic carbocycles. The van der Waals surface area contributed by atoms with E-state index in [9.17, 15) is 14.9 Å². The van der Waals surface area contributed by atoms with Crippen LogP contribution < -0.4 is 5.73 Å². The first-order valence-corrected chi connectivity index (χ1v) is 6.35. The number of nitrogens with zero attached hydrogens (tertiary/aromatic N) is 2. The van der Waals surface area contributed by atoms with Crippen molar-refractivity contribution in [3.63, 3.8) is 0 Å². The fourth-order valence-corrected chi connectivity index (χ4v) is 2.51. The summed E-state index contributed by atoms with van der Waals surface area (Å²) in [7, 11) is 1.22. The number of nitrogens with two attached hydrogens (primary N) is 1. The van der Waals surface area contributed by atoms with Gasteiger partial charge in [0.15, 0.2) is 5.69 Å². The number of esters is 1. The Hall–Kier alpha value is -2.48. The highest BCUT2D eigenvalue weighted by molar-refractivity contribution is 7.19. The maximum absolute atomic E-state index is 11.5. The Labute approximate surface area is 118 Å². The molecule has 0 atom stereocenters. The Bertz CT molecular complexity index is 696. The molecule has 0 aliphatic rings. The molecule has 7 nitrogen and oxygen atoms in total. The number of anilines is 1. The van der Waals surface area contributed by atoms with E-state index in [2.05, 4.69) is 9.72 Å². The van der Waals surface area contributed by atoms with Crippen LogP contribution in [0, 0.1) is 17.0 Å². The lowest BCUT2D eigenvalue weighted by molar-refractivity contribution is -0.384. The van der Waals surface area contributed by atoms with Crippen LogP contribution in [0.3, 0.4) is 0 Å². The zero-order valence-electron chi connectivity index (χ0n) is 10.7. The summed E-state index contributed by atoms with van der Waals surface area (Å²) in [6.07, 6.45) is 0. The van der Waals surface area contributed by atoms with Crippen LogP contribution in [-0.4, -0.2) is 23.0 Å². The molecule has 0 aliphatic heterocycles. The number of hydrogen-bond donors (Lipinski definition) is 1. The van der Waals surface area contributed by atoms with Gasteiger partial charge in [-0.05, 0) is 18.6 Å². The van der Waals surface area contributed by atoms with Crippen LogP contribution in [-0.2, 0) is 4.74 Å². The number of benzene rings is 1. The second-order valence-corrected chi connectivity index (χ2v) is 5.03. The minimum Gasteiger partial charge on any atom is -0.464 e. The molecule has 2 rings (SSSR count). The molecular weight excluding hydrogens is 282 g/mol. The van der Waals surface area contributed by atoms with Gasteiger partial charge in [0.1, 0.15) is 10.0 Å². The summed E-state index contributed by atoms with van der Waals surface area (Å²) < 4.78 is 4.56. The molecule has 1 heterocycles. The molecule has 0 saturated carbocycles. The number of hydrogen-bond acceptors (Lipinski definition) is 7. The highest BCUT2D eigenvalue weighted by Crippen LogP contribution is 2.36. The van der Waals surface area contributed by atoms with Gasteiger partial charge in [-0.15, -0.1) is 0 Å². The van der Waals surface area contributed by atoms with Gasteiger partial charge in [-0.2, -0.15) is 0 Å². The molecular formula is C12H11N3O4S. The van der Waals surface area contributed by atoms with Gasteiger partial charge in [0, 0.05) is 6.07 Å². The van der Waals surface area contributed by atoms with E-state index in [-0.39, 0.29) is 16.4 Å². The van der Waals surface area contributed by atoms with E-state index >= 15 is 0 Å². The number of ether oxygens (including phenoxy) is 1. The van der Waals surface area contributed by atoms with Crippen molar-refractivity contribution in [2.45, 2.75) is 6.92 Å². The molecule has 0 fully saturated rings. The molecule has 0 saturated heterocycles. The first kappa shape index (κ1) is 13.9. The molecule has 0 spiro atoms. The van der Waals surface area contributed by atoms with Gasteiger partial charge in [-0.1, -0.05) is 17.4 Å². The minimum absolute atomic E-state index is 0.0247. The second-order valence-electron chi connectivity index (χ2n) is 4.00. The molecule has 0 bridgehead atoms. The molecule has 0 radical (unpaired) electrons. The third kappa shape index (κ3) is 2.45. The lowest BCUT2D eigenvalue weighted by Gasteiger charge is -2.00. The van der Waals surface area contributed by atoms with Crippen molar-refractivity contribution in [2.75, 3.05) is 12.8 Å². The maximum atomic E-state index is 11.5. The van der Waals surface area contributed by atoms with Crippen molar-refractivity contribution < 1.29 is 14.5 Å². The summed E-state index contributed by atoms with van der Waals surface area (Å²) >= 11 is 1.01. The van der Waals surface area contributed by atoms with E-state index in [1.54, 1.807) is 12.1 Å². The topological polar surface area (TPSA) is 108 Å². The zero-order valence-corrected chi connectivity index (χ0v) is 11.6. The molecule has 104 valence electrons. The van der Waals surface area contributed by atoms with Crippen molar-refractivity contribution in [1.82, 2.24) is 4.98 Å². The number of methoxy groups -OCH3 is 1. The molecule has 20 heavy (non-hydrogen) atoms. The highest BCUT2D eigenvalue weighted by atomic mass is 32.1. The fourth-order valence-electron chi connectivity index (χ4n) is 1.67. The van der Waals surface area contributed by atoms with Crippen molar-refractivity contribution in [2.24, 2.45) is 0 Å². The predicted molar refractivity (Wildman–Crippen MR) is 74.7 cm³/mol. The Kier molecular flexibility index (Phi) is 3.66. The molecule has 1 aromatic heterocycles. The zero-order chi connectivity index (χ0) is 14.9. The third-order valence-corrected chi connectivity index (χ3v) is 3.53. The minimum atomic E-state index is -0.666. The van der Waals surface area contributed by atoms with Crippen LogP contribution in [0.4, 0.5) is 10.7 Å². The Morgan fingerprint density at radius 2 is 2.20 bits per heavy atom. The number of aromatic nitrogens is 1. The fraction of sp³-hybridized carbons (Fsp3) is 0.167. The summed E-state index contributed by atoms with van der Waals surface area (Å²) in [5.41, 5.74) is 6.78. The first-order valence-electron chi connectivity index (χ1n) is 5.54. The van der Waals surface area contributed by atoms with Gasteiger partial charge in [0.25, 0.3) is 5.69 Å². The number of nitrogen functional groups attached to an aromatic ring is 1. The number of carbonyl (C=O) groups is 1. The van der Waals surface area contributed by atoms with Crippen LogP contribution in [0.2, 0.25) is 0 Å². The Balaban J connectivity index is 2.60. The van der Waals surface area contributed by atoms with E-state index < -0.39 is 10.9 Å². The second kappa shape index (κ2) is 5.25. The summed E-state index contributed by atoms with van der Waals surface area (Å²) in [5.74, 6) is -0.666. The van der Waals surface area contributed by atoms with Gasteiger partial charge in [-0.3, -0.25) is 10.1 Å². The van der Waals surface area contributed by atoms with Crippen LogP contribution in [0.5, 0.6) is 0 Å². The number of nitro groups is 1. The van der Waals surface area contributed by atoms with Crippen molar-refractivity contribution >= 4 is 28.0 Å². The van der Waals surface area contributed by atoms with Gasteiger partial charge in [0.05, 0.1) is 17.6 Å². The van der Waals surface area contributed by atoms with E-state index in [1.165, 1.54) is 13.2 Å². The average molecular weight is 293 g/mol. The van der Waals surface area contributed by atoms with E-state index in [0.29, 0.717) is 10.6 Å². The van der Waals surface area contributed by atoms with Crippen LogP contribution >= 0.6 is 11.3 Å². The van der Waals surface area contributed by atoms with Crippen molar-refractivity contribution in [1.29, 1.82) is 0 Å². The van der Waals surface area contributed by atoms with Crippen molar-refractivity contribution in [3.05, 3.63) is 39.6 Å². The number of aryl methyl sites for hydroxylation is 1. The van der Waals surface area contributed by atoms with Crippen LogP contribution in [0.1, 0.15) is 16.1 Å². The van der Waals surface area contributed by atoms with Gasteiger partial charge < -0.3 is 10.5 Å². The predicted octanol–water partition coefficient (Wildman–Crippen LogP) is 2.40. The number of thiazole rings is 1. The largest absolute Gasteiger partial charge is 0.464 e. The summed E-state index contributed by atoms with van der Waals surface area (Å²) in [5, 5.41) is 11.5.